The van der Waals surface area contributed by atoms with Crippen LogP contribution in [0.25, 0.3) is 5.57 Å². The maximum Gasteiger partial charge on any atom is 0.270 e. The van der Waals surface area contributed by atoms with Crippen LogP contribution in [0.2, 0.25) is 0 Å². The number of benzene rings is 1. The first kappa shape index (κ1) is 24.8. The van der Waals surface area contributed by atoms with Crippen molar-refractivity contribution in [1.29, 1.82) is 0 Å². The highest BCUT2D eigenvalue weighted by molar-refractivity contribution is 8.14. The van der Waals surface area contributed by atoms with Crippen molar-refractivity contribution in [2.75, 3.05) is 5.75 Å². The van der Waals surface area contributed by atoms with Gasteiger partial charge in [-0.15, -0.1) is 11.8 Å². The van der Waals surface area contributed by atoms with Crippen LogP contribution in [-0.2, 0) is 12.3 Å². The summed E-state index contributed by atoms with van der Waals surface area (Å²) in [4.78, 5) is 9.47. The van der Waals surface area contributed by atoms with Crippen LogP contribution in [0.3, 0.4) is 0 Å². The number of halogens is 3. The molecule has 1 aliphatic carbocycles. The number of rotatable bonds is 6. The van der Waals surface area contributed by atoms with E-state index in [4.69, 9.17) is 4.99 Å². The molecule has 0 bridgehead atoms. The third-order valence-corrected chi connectivity index (χ3v) is 7.54. The van der Waals surface area contributed by atoms with Crippen molar-refractivity contribution in [3.05, 3.63) is 47.7 Å². The van der Waals surface area contributed by atoms with Crippen LogP contribution in [0.1, 0.15) is 76.1 Å². The molecule has 0 spiro atoms. The van der Waals surface area contributed by atoms with Crippen molar-refractivity contribution in [1.82, 2.24) is 9.78 Å². The number of nitrogens with zero attached hydrogens (tertiary/aromatic N) is 4. The van der Waals surface area contributed by atoms with E-state index in [1.807, 2.05) is 18.5 Å². The van der Waals surface area contributed by atoms with Crippen LogP contribution < -0.4 is 0 Å². The Morgan fingerprint density at radius 1 is 1.29 bits per heavy atom. The zero-order valence-electron chi connectivity index (χ0n) is 20.2. The van der Waals surface area contributed by atoms with Crippen LogP contribution in [-0.4, -0.2) is 32.0 Å². The normalized spacial score (nSPS) is 23.1. The SMILES string of the molecule is C=C(C)c1cnn(C2CCC(C)(F)CC2)c1/N=C(\C)SCC1=Nc2cc(C(C)(F)F)ccc2C1. The van der Waals surface area contributed by atoms with Crippen LogP contribution in [0.15, 0.2) is 41.0 Å². The lowest BCUT2D eigenvalue weighted by Crippen LogP contribution is -2.27. The molecule has 0 saturated heterocycles. The largest absolute Gasteiger partial charge is 0.270 e. The molecule has 1 aromatic carbocycles. The van der Waals surface area contributed by atoms with Gasteiger partial charge in [0.2, 0.25) is 0 Å². The fourth-order valence-electron chi connectivity index (χ4n) is 4.46. The van der Waals surface area contributed by atoms with Crippen molar-refractivity contribution in [3.63, 3.8) is 0 Å². The van der Waals surface area contributed by atoms with Crippen LogP contribution in [0.5, 0.6) is 0 Å². The molecule has 0 unspecified atom stereocenters. The third kappa shape index (κ3) is 5.48. The Balaban J connectivity index is 1.48. The quantitative estimate of drug-likeness (QED) is 0.305. The van der Waals surface area contributed by atoms with Crippen molar-refractivity contribution >= 4 is 39.6 Å². The van der Waals surface area contributed by atoms with E-state index in [-0.39, 0.29) is 11.6 Å². The molecule has 8 heteroatoms. The van der Waals surface area contributed by atoms with E-state index in [0.29, 0.717) is 30.7 Å². The zero-order valence-corrected chi connectivity index (χ0v) is 21.0. The van der Waals surface area contributed by atoms with Gasteiger partial charge in [-0.1, -0.05) is 18.7 Å². The standard InChI is InChI=1S/C26H31F3N4S/c1-16(2)22-14-30-33(21-8-10-25(4,27)11-9-21)24(22)31-17(3)34-15-20-12-18-6-7-19(26(5,28)29)13-23(18)32-20/h6-7,13-14,21H,1,8-12,15H2,2-5H3/b31-17+. The van der Waals surface area contributed by atoms with Gasteiger partial charge in [-0.25, -0.2) is 22.8 Å². The molecule has 0 radical (unpaired) electrons. The average molecular weight is 489 g/mol. The minimum absolute atomic E-state index is 0.0157. The van der Waals surface area contributed by atoms with Gasteiger partial charge in [0.15, 0.2) is 5.82 Å². The molecule has 1 aromatic heterocycles. The number of hydrogen-bond acceptors (Lipinski definition) is 4. The van der Waals surface area contributed by atoms with Crippen molar-refractivity contribution in [2.24, 2.45) is 9.98 Å². The Kier molecular flexibility index (Phi) is 6.82. The first-order valence-electron chi connectivity index (χ1n) is 11.6. The molecule has 0 N–H and O–H groups in total. The fraction of sp³-hybridized carbons (Fsp3) is 0.500. The number of hydrogen-bond donors (Lipinski definition) is 0. The fourth-order valence-corrected chi connectivity index (χ4v) is 5.15. The first-order chi connectivity index (χ1) is 15.9. The second kappa shape index (κ2) is 9.36. The van der Waals surface area contributed by atoms with E-state index in [0.717, 1.165) is 53.0 Å². The Labute approximate surface area is 203 Å². The summed E-state index contributed by atoms with van der Waals surface area (Å²) in [6, 6.07) is 4.83. The zero-order chi connectivity index (χ0) is 24.7. The van der Waals surface area contributed by atoms with Crippen LogP contribution in [0.4, 0.5) is 24.7 Å². The number of thioether (sulfide) groups is 1. The minimum atomic E-state index is -2.88. The van der Waals surface area contributed by atoms with Gasteiger partial charge in [-0.05, 0) is 63.7 Å². The number of alkyl halides is 3. The highest BCUT2D eigenvalue weighted by Gasteiger charge is 2.33. The number of allylic oxidation sites excluding steroid dienone is 1. The van der Waals surface area contributed by atoms with E-state index in [9.17, 15) is 13.2 Å². The summed E-state index contributed by atoms with van der Waals surface area (Å²) in [5, 5.41) is 5.44. The summed E-state index contributed by atoms with van der Waals surface area (Å²) in [6.45, 7) is 10.5. The molecule has 0 amide bonds. The lowest BCUT2D eigenvalue weighted by molar-refractivity contribution is 0.0175. The summed E-state index contributed by atoms with van der Waals surface area (Å²) in [5.74, 6) is -1.49. The number of aliphatic imine (C=N–C) groups is 2. The highest BCUT2D eigenvalue weighted by Crippen LogP contribution is 2.40. The lowest BCUT2D eigenvalue weighted by atomic mass is 9.85. The molecule has 1 aliphatic heterocycles. The van der Waals surface area contributed by atoms with Gasteiger partial charge in [0.05, 0.1) is 23.0 Å². The molecular weight excluding hydrogens is 457 g/mol. The van der Waals surface area contributed by atoms with Crippen molar-refractivity contribution in [2.45, 2.75) is 77.4 Å². The Bertz CT molecular complexity index is 1150. The highest BCUT2D eigenvalue weighted by atomic mass is 32.2. The molecule has 4 nitrogen and oxygen atoms in total. The maximum atomic E-state index is 14.3. The van der Waals surface area contributed by atoms with Gasteiger partial charge in [0.25, 0.3) is 5.92 Å². The molecule has 0 atom stereocenters. The molecule has 182 valence electrons. The van der Waals surface area contributed by atoms with E-state index >= 15 is 0 Å². The topological polar surface area (TPSA) is 42.5 Å². The third-order valence-electron chi connectivity index (χ3n) is 6.55. The summed E-state index contributed by atoms with van der Waals surface area (Å²) >= 11 is 1.57. The molecule has 4 rings (SSSR count). The van der Waals surface area contributed by atoms with E-state index in [1.54, 1.807) is 30.9 Å². The molecule has 2 heterocycles. The predicted octanol–water partition coefficient (Wildman–Crippen LogP) is 7.98. The first-order valence-corrected chi connectivity index (χ1v) is 12.6. The summed E-state index contributed by atoms with van der Waals surface area (Å²) in [7, 11) is 0. The van der Waals surface area contributed by atoms with Crippen LogP contribution in [0, 0.1) is 0 Å². The van der Waals surface area contributed by atoms with Gasteiger partial charge >= 0.3 is 0 Å². The van der Waals surface area contributed by atoms with Gasteiger partial charge in [0.1, 0.15) is 5.67 Å². The van der Waals surface area contributed by atoms with Gasteiger partial charge < -0.3 is 0 Å². The molecule has 1 saturated carbocycles. The molecule has 2 aliphatic rings. The number of fused-ring (bicyclic) bond motifs is 1. The summed E-state index contributed by atoms with van der Waals surface area (Å²) < 4.78 is 43.5. The Morgan fingerprint density at radius 3 is 2.65 bits per heavy atom. The predicted molar refractivity (Wildman–Crippen MR) is 136 cm³/mol. The second-order valence-corrected chi connectivity index (χ2v) is 10.9. The maximum absolute atomic E-state index is 14.3. The van der Waals surface area contributed by atoms with E-state index < -0.39 is 11.6 Å². The summed E-state index contributed by atoms with van der Waals surface area (Å²) in [5.41, 5.74) is 3.19. The smallest absolute Gasteiger partial charge is 0.256 e. The Hall–Kier alpha value is -2.35. The molecule has 34 heavy (non-hydrogen) atoms. The monoisotopic (exact) mass is 488 g/mol. The Morgan fingerprint density at radius 2 is 2.00 bits per heavy atom. The van der Waals surface area contributed by atoms with Crippen molar-refractivity contribution < 1.29 is 13.2 Å². The van der Waals surface area contributed by atoms with Gasteiger partial charge in [-0.2, -0.15) is 5.10 Å². The van der Waals surface area contributed by atoms with E-state index in [2.05, 4.69) is 16.7 Å². The summed E-state index contributed by atoms with van der Waals surface area (Å²) in [6.07, 6.45) is 4.94. The molecule has 1 fully saturated rings. The van der Waals surface area contributed by atoms with E-state index in [1.165, 1.54) is 12.1 Å². The lowest BCUT2D eigenvalue weighted by Gasteiger charge is -2.31. The van der Waals surface area contributed by atoms with Crippen molar-refractivity contribution in [3.8, 4) is 0 Å². The van der Waals surface area contributed by atoms with Crippen LogP contribution >= 0.6 is 11.8 Å². The van der Waals surface area contributed by atoms with Gasteiger partial charge in [-0.3, -0.25) is 4.99 Å². The second-order valence-electron chi connectivity index (χ2n) is 9.76. The molecule has 2 aromatic rings. The van der Waals surface area contributed by atoms with Gasteiger partial charge in [0, 0.05) is 35.9 Å². The minimum Gasteiger partial charge on any atom is -0.256 e. The molecular formula is C26H31F3N4S. The number of aromatic nitrogens is 2. The average Bonchev–Trinajstić information content (AvgIpc) is 3.35.